The van der Waals surface area contributed by atoms with Crippen LogP contribution in [0.4, 0.5) is 0 Å². The van der Waals surface area contributed by atoms with E-state index in [1.165, 1.54) is 0 Å². The summed E-state index contributed by atoms with van der Waals surface area (Å²) in [4.78, 5) is 0. The van der Waals surface area contributed by atoms with Gasteiger partial charge in [-0.05, 0) is 0 Å². The third kappa shape index (κ3) is 9.66. The Morgan fingerprint density at radius 3 is 1.00 bits per heavy atom. The molecule has 0 amide bonds. The third-order valence-corrected chi connectivity index (χ3v) is 0. The van der Waals surface area contributed by atoms with Crippen molar-refractivity contribution in [2.45, 2.75) is 0 Å². The minimum atomic E-state index is 0. The van der Waals surface area contributed by atoms with E-state index in [4.69, 9.17) is 0 Å². The molecule has 0 aliphatic heterocycles. The molecule has 0 spiro atoms. The van der Waals surface area contributed by atoms with E-state index in [9.17, 15) is 0 Å². The van der Waals surface area contributed by atoms with Gasteiger partial charge in [-0.25, -0.2) is 0 Å². The van der Waals surface area contributed by atoms with Gasteiger partial charge in [-0.15, -0.1) is 0 Å². The quantitative estimate of drug-likeness (QED) is 0.305. The average Bonchev–Trinajstić information content (AvgIpc) is 0. The SMILES string of the molecule is [AlH3].[CaH2].[KH].[NaH]. The maximum atomic E-state index is 0. The van der Waals surface area contributed by atoms with E-state index in [0.29, 0.717) is 0 Å². The molecule has 14 valence electrons. The third-order valence-electron chi connectivity index (χ3n) is 0. The molecule has 0 aromatic rings. The van der Waals surface area contributed by atoms with E-state index in [-0.39, 0.29) is 136 Å². The van der Waals surface area contributed by atoms with Crippen LogP contribution in [0.5, 0.6) is 0 Å². The monoisotopic (exact) mass is 136 g/mol. The zero-order chi connectivity index (χ0) is 0. The van der Waals surface area contributed by atoms with Crippen LogP contribution >= 0.6 is 0 Å². The van der Waals surface area contributed by atoms with E-state index in [0.717, 1.165) is 0 Å². The molecule has 4 heavy (non-hydrogen) atoms. The Kier molecular flexibility index (Phi) is 92.8. The first kappa shape index (κ1) is 23.7. The van der Waals surface area contributed by atoms with Gasteiger partial charge in [0.25, 0.3) is 0 Å². The van der Waals surface area contributed by atoms with E-state index >= 15 is 0 Å². The Labute approximate surface area is 132 Å². The molecule has 0 nitrogen and oxygen atoms in total. The van der Waals surface area contributed by atoms with Gasteiger partial charge in [0, 0.05) is 0 Å². The topological polar surface area (TPSA) is 0 Å². The second-order valence-electron chi connectivity index (χ2n) is 0. The molecule has 0 unspecified atom stereocenters. The van der Waals surface area contributed by atoms with Crippen LogP contribution in [-0.4, -0.2) is 136 Å². The summed E-state index contributed by atoms with van der Waals surface area (Å²) in [5, 5.41) is 0. The molecule has 0 aliphatic rings. The van der Waals surface area contributed by atoms with Gasteiger partial charge in [-0.3, -0.25) is 0 Å². The second-order valence-corrected chi connectivity index (χ2v) is 0. The van der Waals surface area contributed by atoms with Crippen molar-refractivity contribution in [2.75, 3.05) is 0 Å². The molecule has 0 aromatic carbocycles. The molecule has 0 atom stereocenters. The van der Waals surface area contributed by atoms with Crippen molar-refractivity contribution in [2.24, 2.45) is 0 Å². The number of hydrogen-bond donors (Lipinski definition) is 0. The van der Waals surface area contributed by atoms with Crippen molar-refractivity contribution in [3.8, 4) is 0 Å². The van der Waals surface area contributed by atoms with Gasteiger partial charge < -0.3 is 0 Å². The van der Waals surface area contributed by atoms with E-state index < -0.39 is 0 Å². The van der Waals surface area contributed by atoms with Crippen LogP contribution in [0.3, 0.4) is 0 Å². The van der Waals surface area contributed by atoms with Crippen molar-refractivity contribution >= 4 is 136 Å². The molecule has 0 saturated carbocycles. The van der Waals surface area contributed by atoms with Crippen molar-refractivity contribution in [1.82, 2.24) is 0 Å². The predicted octanol–water partition coefficient (Wildman–Crippen LogP) is -3.40. The maximum absolute atomic E-state index is 0. The first-order valence-corrected chi connectivity index (χ1v) is 0. The van der Waals surface area contributed by atoms with Crippen molar-refractivity contribution in [3.63, 3.8) is 0 Å². The van der Waals surface area contributed by atoms with Crippen LogP contribution in [0.2, 0.25) is 0 Å². The summed E-state index contributed by atoms with van der Waals surface area (Å²) >= 11 is 0. The molecule has 0 heterocycles. The van der Waals surface area contributed by atoms with Crippen LogP contribution < -0.4 is 0 Å². The summed E-state index contributed by atoms with van der Waals surface area (Å²) in [5.41, 5.74) is 0. The summed E-state index contributed by atoms with van der Waals surface area (Å²) in [6.07, 6.45) is 0. The molecule has 0 fully saturated rings. The molecule has 0 aliphatic carbocycles. The fourth-order valence-corrected chi connectivity index (χ4v) is 0. The molecular weight excluding hydrogens is 129 g/mol. The van der Waals surface area contributed by atoms with Crippen molar-refractivity contribution in [1.29, 1.82) is 0 Å². The summed E-state index contributed by atoms with van der Waals surface area (Å²) in [7, 11) is 0. The average molecular weight is 136 g/mol. The molecule has 0 bridgehead atoms. The summed E-state index contributed by atoms with van der Waals surface area (Å²) < 4.78 is 0. The molecule has 0 rings (SSSR count). The summed E-state index contributed by atoms with van der Waals surface area (Å²) in [5.74, 6) is 0. The molecular formula is H7AlCaKNa. The Bertz CT molecular complexity index is 8.00. The van der Waals surface area contributed by atoms with Crippen LogP contribution in [0.15, 0.2) is 0 Å². The van der Waals surface area contributed by atoms with Gasteiger partial charge in [-0.1, -0.05) is 0 Å². The van der Waals surface area contributed by atoms with Crippen molar-refractivity contribution < 1.29 is 0 Å². The predicted molar refractivity (Wildman–Crippen MR) is 32.8 cm³/mol. The van der Waals surface area contributed by atoms with E-state index in [2.05, 4.69) is 0 Å². The fourth-order valence-electron chi connectivity index (χ4n) is 0. The van der Waals surface area contributed by atoms with Gasteiger partial charge in [-0.2, -0.15) is 0 Å². The Hall–Kier alpha value is 4.43. The van der Waals surface area contributed by atoms with Gasteiger partial charge in [0.15, 0.2) is 17.4 Å². The summed E-state index contributed by atoms with van der Waals surface area (Å²) in [6, 6.07) is 0. The van der Waals surface area contributed by atoms with Gasteiger partial charge in [0.1, 0.15) is 0 Å². The Balaban J connectivity index is 0. The fraction of sp³-hybridized carbons (Fsp3) is 0. The molecule has 0 N–H and O–H groups in total. The molecule has 0 radical (unpaired) electrons. The van der Waals surface area contributed by atoms with Crippen molar-refractivity contribution in [3.05, 3.63) is 0 Å². The Morgan fingerprint density at radius 1 is 1.00 bits per heavy atom. The first-order valence-electron chi connectivity index (χ1n) is 0. The summed E-state index contributed by atoms with van der Waals surface area (Å²) in [6.45, 7) is 0. The molecule has 4 heteroatoms. The molecule has 0 saturated heterocycles. The van der Waals surface area contributed by atoms with E-state index in [1.807, 2.05) is 0 Å². The van der Waals surface area contributed by atoms with Crippen LogP contribution in [0, 0.1) is 0 Å². The Morgan fingerprint density at radius 2 is 1.00 bits per heavy atom. The van der Waals surface area contributed by atoms with Crippen LogP contribution in [0.25, 0.3) is 0 Å². The minimum absolute atomic E-state index is 0. The number of rotatable bonds is 0. The zero-order valence-electron chi connectivity index (χ0n) is 0. The van der Waals surface area contributed by atoms with Crippen LogP contribution in [-0.2, 0) is 0 Å². The second kappa shape index (κ2) is 15.7. The molecule has 0 aromatic heterocycles. The standard InChI is InChI=1S/Al.Ca.K.Na.7H. The van der Waals surface area contributed by atoms with Gasteiger partial charge in [0.2, 0.25) is 0 Å². The zero-order valence-corrected chi connectivity index (χ0v) is 0. The normalized spacial score (nSPS) is 0. The van der Waals surface area contributed by atoms with Gasteiger partial charge in [0.05, 0.1) is 0 Å². The first-order chi connectivity index (χ1) is 0. The van der Waals surface area contributed by atoms with E-state index in [1.54, 1.807) is 0 Å². The van der Waals surface area contributed by atoms with Crippen LogP contribution in [0.1, 0.15) is 0 Å². The van der Waals surface area contributed by atoms with Gasteiger partial charge >= 0.3 is 119 Å². The number of hydrogen-bond acceptors (Lipinski definition) is 0.